The monoisotopic (exact) mass is 500 g/mol. The molecule has 1 aliphatic rings. The van der Waals surface area contributed by atoms with E-state index in [1.165, 1.54) is 17.7 Å². The number of rotatable bonds is 7. The molecule has 9 nitrogen and oxygen atoms in total. The summed E-state index contributed by atoms with van der Waals surface area (Å²) in [6, 6.07) is 16.3. The van der Waals surface area contributed by atoms with Crippen LogP contribution >= 0.6 is 0 Å². The first-order chi connectivity index (χ1) is 17.8. The first-order valence-electron chi connectivity index (χ1n) is 12.1. The third-order valence-corrected chi connectivity index (χ3v) is 6.39. The van der Waals surface area contributed by atoms with Gasteiger partial charge in [0.05, 0.1) is 5.69 Å². The number of urea groups is 1. The van der Waals surface area contributed by atoms with Crippen LogP contribution < -0.4 is 16.2 Å². The Morgan fingerprint density at radius 3 is 2.22 bits per heavy atom. The number of amides is 3. The highest BCUT2D eigenvalue weighted by Gasteiger charge is 2.34. The van der Waals surface area contributed by atoms with E-state index in [2.05, 4.69) is 29.5 Å². The van der Waals surface area contributed by atoms with Gasteiger partial charge in [-0.15, -0.1) is 0 Å². The molecule has 0 spiro atoms. The third kappa shape index (κ3) is 5.83. The quantitative estimate of drug-likeness (QED) is 0.255. The number of nitrogens with one attached hydrogen (secondary N) is 3. The first kappa shape index (κ1) is 25.6. The van der Waals surface area contributed by atoms with Gasteiger partial charge in [0.15, 0.2) is 6.29 Å². The average molecular weight is 501 g/mol. The number of Topliss-reactive ketones (excluding diaryl/α,β-unsaturated/α-hetero) is 1. The number of likely N-dealkylation sites (tertiary alicyclic amines) is 1. The van der Waals surface area contributed by atoms with Crippen molar-refractivity contribution < 1.29 is 19.2 Å². The molecule has 0 saturated carbocycles. The molecule has 0 radical (unpaired) electrons. The molecule has 3 aromatic rings. The van der Waals surface area contributed by atoms with Crippen molar-refractivity contribution in [2.75, 3.05) is 17.2 Å². The number of pyridine rings is 1. The third-order valence-electron chi connectivity index (χ3n) is 6.39. The summed E-state index contributed by atoms with van der Waals surface area (Å²) in [7, 11) is 0. The molecule has 1 aromatic heterocycles. The summed E-state index contributed by atoms with van der Waals surface area (Å²) in [5.41, 5.74) is 2.69. The van der Waals surface area contributed by atoms with Gasteiger partial charge in [-0.1, -0.05) is 38.1 Å². The van der Waals surface area contributed by atoms with Gasteiger partial charge in [0.1, 0.15) is 6.04 Å². The highest BCUT2D eigenvalue weighted by molar-refractivity contribution is 6.32. The summed E-state index contributed by atoms with van der Waals surface area (Å²) >= 11 is 0. The lowest BCUT2D eigenvalue weighted by Crippen LogP contribution is -2.45. The van der Waals surface area contributed by atoms with Gasteiger partial charge in [-0.25, -0.2) is 4.79 Å². The van der Waals surface area contributed by atoms with Gasteiger partial charge < -0.3 is 20.5 Å². The van der Waals surface area contributed by atoms with Crippen molar-refractivity contribution in [3.63, 3.8) is 0 Å². The Bertz CT molecular complexity index is 1380. The molecule has 1 atom stereocenters. The number of aromatic amines is 1. The molecule has 4 rings (SSSR count). The Morgan fingerprint density at radius 1 is 0.946 bits per heavy atom. The lowest BCUT2D eigenvalue weighted by atomic mass is 10.0. The maximum Gasteiger partial charge on any atom is 0.322 e. The Kier molecular flexibility index (Phi) is 7.62. The van der Waals surface area contributed by atoms with E-state index in [1.54, 1.807) is 29.2 Å². The molecular weight excluding hydrogens is 472 g/mol. The van der Waals surface area contributed by atoms with Crippen molar-refractivity contribution in [3.05, 3.63) is 82.3 Å². The number of aldehydes is 1. The summed E-state index contributed by atoms with van der Waals surface area (Å²) in [4.78, 5) is 64.2. The number of benzene rings is 2. The number of H-pyrrole nitrogens is 1. The molecule has 9 heteroatoms. The summed E-state index contributed by atoms with van der Waals surface area (Å²) in [6.45, 7) is 4.69. The molecular formula is C28H28N4O5. The van der Waals surface area contributed by atoms with Crippen LogP contribution in [0.5, 0.6) is 0 Å². The summed E-state index contributed by atoms with van der Waals surface area (Å²) in [6.07, 6.45) is 1.43. The topological polar surface area (TPSA) is 128 Å². The van der Waals surface area contributed by atoms with Gasteiger partial charge in [0.25, 0.3) is 5.56 Å². The number of hydrogen-bond acceptors (Lipinski definition) is 5. The molecule has 190 valence electrons. The van der Waals surface area contributed by atoms with Gasteiger partial charge in [-0.3, -0.25) is 19.2 Å². The molecule has 37 heavy (non-hydrogen) atoms. The highest BCUT2D eigenvalue weighted by atomic mass is 16.2. The second kappa shape index (κ2) is 11.0. The van der Waals surface area contributed by atoms with Crippen LogP contribution in [0, 0.1) is 0 Å². The number of anilines is 2. The van der Waals surface area contributed by atoms with Gasteiger partial charge in [0, 0.05) is 23.5 Å². The van der Waals surface area contributed by atoms with E-state index in [0.717, 1.165) is 6.42 Å². The van der Waals surface area contributed by atoms with Crippen LogP contribution in [-0.4, -0.2) is 46.5 Å². The zero-order valence-corrected chi connectivity index (χ0v) is 20.6. The van der Waals surface area contributed by atoms with Gasteiger partial charge in [-0.2, -0.15) is 0 Å². The average Bonchev–Trinajstić information content (AvgIpc) is 3.39. The lowest BCUT2D eigenvalue weighted by molar-refractivity contribution is -0.119. The number of aromatic nitrogens is 1. The number of carbonyl (C=O) groups is 4. The molecule has 0 unspecified atom stereocenters. The normalized spacial score (nSPS) is 14.9. The Morgan fingerprint density at radius 2 is 1.59 bits per heavy atom. The fourth-order valence-electron chi connectivity index (χ4n) is 4.30. The van der Waals surface area contributed by atoms with Crippen molar-refractivity contribution in [2.24, 2.45) is 0 Å². The smallest absolute Gasteiger partial charge is 0.322 e. The van der Waals surface area contributed by atoms with Crippen LogP contribution in [-0.2, 0) is 9.59 Å². The van der Waals surface area contributed by atoms with E-state index in [4.69, 9.17) is 0 Å². The van der Waals surface area contributed by atoms with Crippen LogP contribution in [0.2, 0.25) is 0 Å². The molecule has 3 amide bonds. The van der Waals surface area contributed by atoms with Crippen molar-refractivity contribution in [2.45, 2.75) is 38.6 Å². The van der Waals surface area contributed by atoms with Gasteiger partial charge in [0.2, 0.25) is 11.7 Å². The van der Waals surface area contributed by atoms with Crippen molar-refractivity contribution in [3.8, 4) is 11.1 Å². The highest BCUT2D eigenvalue weighted by Crippen LogP contribution is 2.23. The van der Waals surface area contributed by atoms with E-state index in [0.29, 0.717) is 41.4 Å². The van der Waals surface area contributed by atoms with E-state index >= 15 is 0 Å². The minimum Gasteiger partial charge on any atom is -0.324 e. The summed E-state index contributed by atoms with van der Waals surface area (Å²) in [5.74, 6) is -0.698. The molecule has 1 aliphatic heterocycles. The maximum absolute atomic E-state index is 13.0. The van der Waals surface area contributed by atoms with Crippen LogP contribution in [0.3, 0.4) is 0 Å². The predicted octanol–water partition coefficient (Wildman–Crippen LogP) is 4.18. The Hall–Kier alpha value is -4.53. The standard InChI is InChI=1S/C28H28N4O5/c1-17(2)18-5-9-21(10-6-18)30-28(37)32-15-3-4-24(32)27(36)29-20-11-7-19(8-12-20)22-13-14-23(25(34)16-33)31-26(22)35/h5-14,16-17,24H,3-4,15H2,1-2H3,(H,29,36)(H,30,37)(H,31,35)/t24-/m1/s1. The van der Waals surface area contributed by atoms with E-state index in [9.17, 15) is 24.0 Å². The van der Waals surface area contributed by atoms with Crippen LogP contribution in [0.1, 0.15) is 48.7 Å². The molecule has 1 fully saturated rings. The molecule has 2 heterocycles. The van der Waals surface area contributed by atoms with E-state index in [1.807, 2.05) is 24.3 Å². The fraction of sp³-hybridized carbons (Fsp3) is 0.250. The summed E-state index contributed by atoms with van der Waals surface area (Å²) < 4.78 is 0. The SMILES string of the molecule is CC(C)c1ccc(NC(=O)N2CCC[C@@H]2C(=O)Nc2ccc(-c3ccc(C(=O)C=O)[nH]c3=O)cc2)cc1. The molecule has 3 N–H and O–H groups in total. The second-order valence-corrected chi connectivity index (χ2v) is 9.22. The number of carbonyl (C=O) groups excluding carboxylic acids is 4. The Balaban J connectivity index is 1.40. The van der Waals surface area contributed by atoms with Gasteiger partial charge >= 0.3 is 6.03 Å². The van der Waals surface area contributed by atoms with Crippen molar-refractivity contribution >= 4 is 35.4 Å². The van der Waals surface area contributed by atoms with Crippen LogP contribution in [0.25, 0.3) is 11.1 Å². The van der Waals surface area contributed by atoms with Crippen LogP contribution in [0.15, 0.2) is 65.5 Å². The number of nitrogens with zero attached hydrogens (tertiary/aromatic N) is 1. The second-order valence-electron chi connectivity index (χ2n) is 9.22. The summed E-state index contributed by atoms with van der Waals surface area (Å²) in [5, 5.41) is 5.73. The van der Waals surface area contributed by atoms with E-state index < -0.39 is 17.4 Å². The van der Waals surface area contributed by atoms with Crippen molar-refractivity contribution in [1.29, 1.82) is 0 Å². The van der Waals surface area contributed by atoms with Gasteiger partial charge in [-0.05, 0) is 66.3 Å². The maximum atomic E-state index is 13.0. The number of ketones is 1. The fourth-order valence-corrected chi connectivity index (χ4v) is 4.30. The first-order valence-corrected chi connectivity index (χ1v) is 12.1. The minimum absolute atomic E-state index is 0.0784. The largest absolute Gasteiger partial charge is 0.324 e. The van der Waals surface area contributed by atoms with E-state index in [-0.39, 0.29) is 23.9 Å². The van der Waals surface area contributed by atoms with Crippen LogP contribution in [0.4, 0.5) is 16.2 Å². The molecule has 1 saturated heterocycles. The zero-order chi connectivity index (χ0) is 26.5. The molecule has 0 aliphatic carbocycles. The minimum atomic E-state index is -0.805. The zero-order valence-electron chi connectivity index (χ0n) is 20.6. The predicted molar refractivity (Wildman–Crippen MR) is 141 cm³/mol. The lowest BCUT2D eigenvalue weighted by Gasteiger charge is -2.24. The van der Waals surface area contributed by atoms with Crippen molar-refractivity contribution in [1.82, 2.24) is 9.88 Å². The number of hydrogen-bond donors (Lipinski definition) is 3. The Labute approximate surface area is 213 Å². The molecule has 0 bridgehead atoms. The molecule has 2 aromatic carbocycles.